The first-order valence-corrected chi connectivity index (χ1v) is 8.65. The van der Waals surface area contributed by atoms with Gasteiger partial charge in [-0.2, -0.15) is 0 Å². The van der Waals surface area contributed by atoms with E-state index in [0.717, 1.165) is 37.8 Å². The van der Waals surface area contributed by atoms with Crippen LogP contribution in [0.25, 0.3) is 0 Å². The third kappa shape index (κ3) is 2.57. The molecule has 2 saturated heterocycles. The van der Waals surface area contributed by atoms with Crippen LogP contribution < -0.4 is 0 Å². The minimum absolute atomic E-state index is 0.0173. The van der Waals surface area contributed by atoms with Crippen LogP contribution in [0.1, 0.15) is 37.2 Å². The Morgan fingerprint density at radius 2 is 1.92 bits per heavy atom. The number of nitrogens with zero attached hydrogens (tertiary/aromatic N) is 2. The topological polar surface area (TPSA) is 46.4 Å². The van der Waals surface area contributed by atoms with Gasteiger partial charge in [0.1, 0.15) is 5.82 Å². The molecule has 126 valence electrons. The highest BCUT2D eigenvalue weighted by Gasteiger charge is 2.59. The second-order valence-electron chi connectivity index (χ2n) is 7.00. The first-order valence-electron chi connectivity index (χ1n) is 8.65. The fourth-order valence-electron chi connectivity index (χ4n) is 4.75. The van der Waals surface area contributed by atoms with Gasteiger partial charge in [0.15, 0.2) is 0 Å². The maximum atomic E-state index is 13.2. The van der Waals surface area contributed by atoms with Crippen LogP contribution in [-0.4, -0.2) is 34.5 Å². The van der Waals surface area contributed by atoms with Crippen LogP contribution >= 0.6 is 0 Å². The van der Waals surface area contributed by atoms with Gasteiger partial charge in [-0.1, -0.05) is 30.4 Å². The normalized spacial score (nSPS) is 32.1. The summed E-state index contributed by atoms with van der Waals surface area (Å²) in [5, 5.41) is 11.8. The molecule has 0 aromatic heterocycles. The molecule has 4 nitrogen and oxygen atoms in total. The molecule has 0 radical (unpaired) electrons. The molecule has 1 aliphatic carbocycles. The molecule has 0 saturated carbocycles. The summed E-state index contributed by atoms with van der Waals surface area (Å²) in [6.45, 7) is 0.786. The number of hydrogen-bond donors (Lipinski definition) is 0. The molecule has 5 heteroatoms. The van der Waals surface area contributed by atoms with Gasteiger partial charge in [-0.15, -0.1) is 0 Å². The summed E-state index contributed by atoms with van der Waals surface area (Å²) < 4.78 is 13.2. The maximum absolute atomic E-state index is 13.2. The molecule has 4 rings (SSSR count). The first kappa shape index (κ1) is 15.5. The van der Waals surface area contributed by atoms with E-state index in [1.807, 2.05) is 0 Å². The van der Waals surface area contributed by atoms with E-state index in [-0.39, 0.29) is 28.7 Å². The van der Waals surface area contributed by atoms with Crippen LogP contribution in [0.3, 0.4) is 0 Å². The standard InChI is InChI=1S/C19H21FN2O2/c20-15-8-6-14(7-9-15)18-16-10-11-17(19(18)22(23)24)21(16)12-13-4-2-1-3-5-13/h2,4-9,16-19H,1,3,10-12H2. The fraction of sp³-hybridized carbons (Fsp3) is 0.474. The highest BCUT2D eigenvalue weighted by molar-refractivity contribution is 5.31. The largest absolute Gasteiger partial charge is 0.286 e. The van der Waals surface area contributed by atoms with E-state index in [0.29, 0.717) is 0 Å². The summed E-state index contributed by atoms with van der Waals surface area (Å²) in [6.07, 6.45) is 10.6. The van der Waals surface area contributed by atoms with Gasteiger partial charge in [0.05, 0.1) is 12.0 Å². The predicted molar refractivity (Wildman–Crippen MR) is 89.9 cm³/mol. The van der Waals surface area contributed by atoms with Crippen molar-refractivity contribution in [2.24, 2.45) is 0 Å². The number of fused-ring (bicyclic) bond motifs is 2. The van der Waals surface area contributed by atoms with Gasteiger partial charge in [0.25, 0.3) is 0 Å². The van der Waals surface area contributed by atoms with Gasteiger partial charge in [0.2, 0.25) is 6.04 Å². The van der Waals surface area contributed by atoms with E-state index >= 15 is 0 Å². The Bertz CT molecular complexity index is 698. The molecule has 2 aliphatic heterocycles. The lowest BCUT2D eigenvalue weighted by molar-refractivity contribution is -0.529. The van der Waals surface area contributed by atoms with Crippen molar-refractivity contribution in [2.75, 3.05) is 6.54 Å². The van der Waals surface area contributed by atoms with E-state index < -0.39 is 6.04 Å². The highest BCUT2D eigenvalue weighted by atomic mass is 19.1. The first-order chi connectivity index (χ1) is 11.6. The third-order valence-corrected chi connectivity index (χ3v) is 5.72. The van der Waals surface area contributed by atoms with Gasteiger partial charge in [-0.05, 0) is 49.0 Å². The van der Waals surface area contributed by atoms with Crippen molar-refractivity contribution in [1.29, 1.82) is 0 Å². The van der Waals surface area contributed by atoms with Crippen molar-refractivity contribution < 1.29 is 9.31 Å². The number of rotatable bonds is 4. The van der Waals surface area contributed by atoms with Gasteiger partial charge >= 0.3 is 0 Å². The lowest BCUT2D eigenvalue weighted by atomic mass is 9.80. The van der Waals surface area contributed by atoms with E-state index in [1.165, 1.54) is 17.7 Å². The van der Waals surface area contributed by atoms with Gasteiger partial charge < -0.3 is 0 Å². The molecular weight excluding hydrogens is 307 g/mol. The van der Waals surface area contributed by atoms with Crippen molar-refractivity contribution in [2.45, 2.75) is 49.7 Å². The zero-order valence-electron chi connectivity index (χ0n) is 13.5. The molecular formula is C19H21FN2O2. The van der Waals surface area contributed by atoms with Crippen molar-refractivity contribution in [3.8, 4) is 0 Å². The maximum Gasteiger partial charge on any atom is 0.236 e. The predicted octanol–water partition coefficient (Wildman–Crippen LogP) is 3.68. The van der Waals surface area contributed by atoms with E-state index in [1.54, 1.807) is 12.1 Å². The molecule has 0 amide bonds. The van der Waals surface area contributed by atoms with Gasteiger partial charge in [-0.25, -0.2) is 4.39 Å². The van der Waals surface area contributed by atoms with E-state index in [2.05, 4.69) is 23.1 Å². The number of allylic oxidation sites excluding steroid dienone is 2. The van der Waals surface area contributed by atoms with Crippen LogP contribution in [0.2, 0.25) is 0 Å². The molecule has 3 aliphatic rings. The molecule has 4 unspecified atom stereocenters. The van der Waals surface area contributed by atoms with Crippen molar-refractivity contribution >= 4 is 0 Å². The number of hydrogen-bond acceptors (Lipinski definition) is 3. The zero-order valence-corrected chi connectivity index (χ0v) is 13.5. The van der Waals surface area contributed by atoms with Crippen molar-refractivity contribution in [3.05, 3.63) is 69.6 Å². The van der Waals surface area contributed by atoms with E-state index in [9.17, 15) is 14.5 Å². The van der Waals surface area contributed by atoms with Crippen LogP contribution in [-0.2, 0) is 0 Å². The van der Waals surface area contributed by atoms with Gasteiger partial charge in [0, 0.05) is 17.5 Å². The van der Waals surface area contributed by atoms with Crippen LogP contribution in [0, 0.1) is 15.9 Å². The van der Waals surface area contributed by atoms with Crippen LogP contribution in [0.4, 0.5) is 4.39 Å². The van der Waals surface area contributed by atoms with Gasteiger partial charge in [-0.3, -0.25) is 15.0 Å². The lowest BCUT2D eigenvalue weighted by Gasteiger charge is -2.25. The summed E-state index contributed by atoms with van der Waals surface area (Å²) in [5.41, 5.74) is 2.16. The molecule has 1 aromatic rings. The molecule has 1 aromatic carbocycles. The molecule has 24 heavy (non-hydrogen) atoms. The Kier molecular flexibility index (Phi) is 3.96. The highest BCUT2D eigenvalue weighted by Crippen LogP contribution is 2.48. The van der Waals surface area contributed by atoms with Crippen molar-refractivity contribution in [3.63, 3.8) is 0 Å². The monoisotopic (exact) mass is 328 g/mol. The molecule has 2 fully saturated rings. The minimum Gasteiger partial charge on any atom is -0.286 e. The SMILES string of the molecule is O=[N+]([O-])C1C(c2ccc(F)cc2)C2CCC1N2CC1=CCCC=C1. The zero-order chi connectivity index (χ0) is 16.7. The average molecular weight is 328 g/mol. The van der Waals surface area contributed by atoms with Crippen molar-refractivity contribution in [1.82, 2.24) is 4.90 Å². The Balaban J connectivity index is 1.64. The Labute approximate surface area is 140 Å². The smallest absolute Gasteiger partial charge is 0.236 e. The lowest BCUT2D eigenvalue weighted by Crippen LogP contribution is -2.38. The number of benzene rings is 1. The number of halogens is 1. The molecule has 0 spiro atoms. The summed E-state index contributed by atoms with van der Waals surface area (Å²) in [7, 11) is 0. The Hall–Kier alpha value is -2.01. The summed E-state index contributed by atoms with van der Waals surface area (Å²) in [4.78, 5) is 14.0. The minimum atomic E-state index is -0.595. The third-order valence-electron chi connectivity index (χ3n) is 5.72. The molecule has 2 heterocycles. The second-order valence-corrected chi connectivity index (χ2v) is 7.00. The summed E-state index contributed by atoms with van der Waals surface area (Å²) in [6, 6.07) is 5.82. The second kappa shape index (κ2) is 6.13. The van der Waals surface area contributed by atoms with Crippen LogP contribution in [0.5, 0.6) is 0 Å². The molecule has 2 bridgehead atoms. The molecule has 4 atom stereocenters. The quantitative estimate of drug-likeness (QED) is 0.626. The Morgan fingerprint density at radius 1 is 1.17 bits per heavy atom. The summed E-state index contributed by atoms with van der Waals surface area (Å²) >= 11 is 0. The average Bonchev–Trinajstić information content (AvgIpc) is 3.11. The Morgan fingerprint density at radius 3 is 2.58 bits per heavy atom. The molecule has 0 N–H and O–H groups in total. The summed E-state index contributed by atoms with van der Waals surface area (Å²) in [5.74, 6) is -0.443. The van der Waals surface area contributed by atoms with E-state index in [4.69, 9.17) is 0 Å². The van der Waals surface area contributed by atoms with Crippen LogP contribution in [0.15, 0.2) is 48.1 Å². The number of nitro groups is 1. The fourth-order valence-corrected chi connectivity index (χ4v) is 4.75.